The molecule has 0 saturated carbocycles. The van der Waals surface area contributed by atoms with E-state index in [-0.39, 0.29) is 0 Å². The van der Waals surface area contributed by atoms with Crippen molar-refractivity contribution >= 4 is 0 Å². The highest BCUT2D eigenvalue weighted by molar-refractivity contribution is 5.70. The molecule has 3 aromatic carbocycles. The highest BCUT2D eigenvalue weighted by Gasteiger charge is 2.30. The minimum absolute atomic E-state index is 0.320. The smallest absolute Gasteiger partial charge is 0.00134 e. The van der Waals surface area contributed by atoms with Crippen LogP contribution in [0.2, 0.25) is 0 Å². The predicted octanol–water partition coefficient (Wildman–Crippen LogP) is 6.31. The summed E-state index contributed by atoms with van der Waals surface area (Å²) < 4.78 is 0. The van der Waals surface area contributed by atoms with Crippen LogP contribution in [0.15, 0.2) is 72.8 Å². The topological polar surface area (TPSA) is 3.24 Å². The average molecular weight is 356 g/mol. The van der Waals surface area contributed by atoms with Crippen molar-refractivity contribution in [1.82, 2.24) is 4.90 Å². The molecule has 0 spiro atoms. The maximum Gasteiger partial charge on any atom is -0.00134 e. The number of benzene rings is 3. The Morgan fingerprint density at radius 1 is 0.630 bits per heavy atom. The van der Waals surface area contributed by atoms with Gasteiger partial charge in [-0.1, -0.05) is 85.3 Å². The Bertz CT molecular complexity index is 880. The molecule has 1 nitrogen and oxygen atoms in total. The van der Waals surface area contributed by atoms with Crippen molar-refractivity contribution in [2.24, 2.45) is 0 Å². The Labute approximate surface area is 163 Å². The molecular formula is C26H29N. The van der Waals surface area contributed by atoms with Crippen molar-refractivity contribution in [2.45, 2.75) is 32.1 Å². The highest BCUT2D eigenvalue weighted by atomic mass is 15.1. The molecule has 1 fully saturated rings. The van der Waals surface area contributed by atoms with Crippen LogP contribution in [0.1, 0.15) is 30.9 Å². The van der Waals surface area contributed by atoms with Crippen LogP contribution < -0.4 is 0 Å². The van der Waals surface area contributed by atoms with Crippen molar-refractivity contribution in [3.05, 3.63) is 83.9 Å². The van der Waals surface area contributed by atoms with Crippen LogP contribution in [-0.2, 0) is 5.41 Å². The summed E-state index contributed by atoms with van der Waals surface area (Å²) in [6.07, 6.45) is 2.49. The molecule has 138 valence electrons. The van der Waals surface area contributed by atoms with Crippen molar-refractivity contribution in [2.75, 3.05) is 20.1 Å². The Kier molecular flexibility index (Phi) is 4.88. The summed E-state index contributed by atoms with van der Waals surface area (Å²) in [6.45, 7) is 6.94. The molecule has 0 bridgehead atoms. The number of rotatable bonds is 3. The van der Waals surface area contributed by atoms with Gasteiger partial charge in [0.1, 0.15) is 0 Å². The lowest BCUT2D eigenvalue weighted by molar-refractivity contribution is 0.200. The summed E-state index contributed by atoms with van der Waals surface area (Å²) in [5.74, 6) is 0. The van der Waals surface area contributed by atoms with Gasteiger partial charge in [0.15, 0.2) is 0 Å². The summed E-state index contributed by atoms with van der Waals surface area (Å²) in [5.41, 5.74) is 8.23. The van der Waals surface area contributed by atoms with Gasteiger partial charge < -0.3 is 4.90 Å². The lowest BCUT2D eigenvalue weighted by Crippen LogP contribution is -2.38. The first kappa shape index (κ1) is 18.0. The molecule has 4 rings (SSSR count). The van der Waals surface area contributed by atoms with Crippen LogP contribution in [0, 0.1) is 6.92 Å². The third-order valence-electron chi connectivity index (χ3n) is 6.28. The molecule has 3 aromatic rings. The molecule has 1 aliphatic heterocycles. The van der Waals surface area contributed by atoms with E-state index in [9.17, 15) is 0 Å². The molecule has 0 amide bonds. The quantitative estimate of drug-likeness (QED) is 0.532. The average Bonchev–Trinajstić information content (AvgIpc) is 2.71. The van der Waals surface area contributed by atoms with E-state index in [1.165, 1.54) is 59.3 Å². The molecule has 0 N–H and O–H groups in total. The number of nitrogens with zero attached hydrogens (tertiary/aromatic N) is 1. The normalized spacial score (nSPS) is 17.0. The Morgan fingerprint density at radius 3 is 1.44 bits per heavy atom. The van der Waals surface area contributed by atoms with Gasteiger partial charge in [0, 0.05) is 0 Å². The highest BCUT2D eigenvalue weighted by Crippen LogP contribution is 2.35. The van der Waals surface area contributed by atoms with Gasteiger partial charge in [-0.3, -0.25) is 0 Å². The molecule has 0 aliphatic carbocycles. The number of piperidine rings is 1. The van der Waals surface area contributed by atoms with Gasteiger partial charge in [0.05, 0.1) is 0 Å². The molecule has 1 saturated heterocycles. The van der Waals surface area contributed by atoms with Gasteiger partial charge in [-0.2, -0.15) is 0 Å². The number of hydrogen-bond acceptors (Lipinski definition) is 1. The Hall–Kier alpha value is -2.38. The third-order valence-corrected chi connectivity index (χ3v) is 6.28. The van der Waals surface area contributed by atoms with Crippen LogP contribution in [0.3, 0.4) is 0 Å². The molecule has 1 heteroatoms. The van der Waals surface area contributed by atoms with E-state index in [0.717, 1.165) is 0 Å². The molecule has 0 aromatic heterocycles. The van der Waals surface area contributed by atoms with Crippen LogP contribution in [0.25, 0.3) is 22.3 Å². The molecule has 1 heterocycles. The van der Waals surface area contributed by atoms with E-state index in [0.29, 0.717) is 5.41 Å². The van der Waals surface area contributed by atoms with E-state index in [1.54, 1.807) is 0 Å². The Balaban J connectivity index is 1.53. The Morgan fingerprint density at radius 2 is 1.00 bits per heavy atom. The van der Waals surface area contributed by atoms with E-state index in [4.69, 9.17) is 0 Å². The minimum atomic E-state index is 0.320. The van der Waals surface area contributed by atoms with Gasteiger partial charge in [-0.25, -0.2) is 0 Å². The standard InChI is InChI=1S/C26H29N/c1-20-4-6-21(7-5-20)22-8-10-23(11-9-22)24-12-14-25(15-13-24)26(2)16-18-27(3)19-17-26/h4-15H,16-19H2,1-3H3. The second-order valence-electron chi connectivity index (χ2n) is 8.38. The van der Waals surface area contributed by atoms with Gasteiger partial charge in [0.25, 0.3) is 0 Å². The summed E-state index contributed by atoms with van der Waals surface area (Å²) in [6, 6.07) is 26.9. The summed E-state index contributed by atoms with van der Waals surface area (Å²) >= 11 is 0. The maximum atomic E-state index is 2.44. The maximum absolute atomic E-state index is 2.44. The largest absolute Gasteiger partial charge is 0.306 e. The fourth-order valence-electron chi connectivity index (χ4n) is 4.07. The number of hydrogen-bond donors (Lipinski definition) is 0. The molecule has 27 heavy (non-hydrogen) atoms. The van der Waals surface area contributed by atoms with Crippen LogP contribution in [0.4, 0.5) is 0 Å². The first-order valence-corrected chi connectivity index (χ1v) is 10.0. The molecule has 0 unspecified atom stereocenters. The van der Waals surface area contributed by atoms with E-state index < -0.39 is 0 Å². The molecule has 0 atom stereocenters. The lowest BCUT2D eigenvalue weighted by Gasteiger charge is -2.38. The van der Waals surface area contributed by atoms with Gasteiger partial charge in [-0.15, -0.1) is 0 Å². The van der Waals surface area contributed by atoms with Crippen LogP contribution in [0.5, 0.6) is 0 Å². The third kappa shape index (κ3) is 3.84. The summed E-state index contributed by atoms with van der Waals surface area (Å²) in [7, 11) is 2.23. The second kappa shape index (κ2) is 7.32. The van der Waals surface area contributed by atoms with Gasteiger partial charge in [0.2, 0.25) is 0 Å². The number of likely N-dealkylation sites (tertiary alicyclic amines) is 1. The fraction of sp³-hybridized carbons (Fsp3) is 0.308. The lowest BCUT2D eigenvalue weighted by atomic mass is 9.74. The van der Waals surface area contributed by atoms with Crippen LogP contribution in [-0.4, -0.2) is 25.0 Å². The van der Waals surface area contributed by atoms with Crippen LogP contribution >= 0.6 is 0 Å². The SMILES string of the molecule is Cc1ccc(-c2ccc(-c3ccc(C4(C)CCN(C)CC4)cc3)cc2)cc1. The van der Waals surface area contributed by atoms with E-state index in [1.807, 2.05) is 0 Å². The summed E-state index contributed by atoms with van der Waals surface area (Å²) in [5, 5.41) is 0. The van der Waals surface area contributed by atoms with Crippen molar-refractivity contribution in [3.63, 3.8) is 0 Å². The first-order chi connectivity index (χ1) is 13.0. The van der Waals surface area contributed by atoms with Crippen molar-refractivity contribution in [1.29, 1.82) is 0 Å². The zero-order valence-corrected chi connectivity index (χ0v) is 16.7. The molecule has 1 aliphatic rings. The second-order valence-corrected chi connectivity index (χ2v) is 8.38. The fourth-order valence-corrected chi connectivity index (χ4v) is 4.07. The minimum Gasteiger partial charge on any atom is -0.306 e. The van der Waals surface area contributed by atoms with E-state index in [2.05, 4.69) is 98.6 Å². The summed E-state index contributed by atoms with van der Waals surface area (Å²) in [4.78, 5) is 2.44. The zero-order valence-electron chi connectivity index (χ0n) is 16.7. The van der Waals surface area contributed by atoms with Gasteiger partial charge in [-0.05, 0) is 73.1 Å². The predicted molar refractivity (Wildman–Crippen MR) is 116 cm³/mol. The monoisotopic (exact) mass is 355 g/mol. The van der Waals surface area contributed by atoms with Crippen molar-refractivity contribution in [3.8, 4) is 22.3 Å². The molecular weight excluding hydrogens is 326 g/mol. The van der Waals surface area contributed by atoms with E-state index >= 15 is 0 Å². The zero-order chi connectivity index (χ0) is 18.9. The molecule has 0 radical (unpaired) electrons. The number of aryl methyl sites for hydroxylation is 1. The van der Waals surface area contributed by atoms with Gasteiger partial charge >= 0.3 is 0 Å². The first-order valence-electron chi connectivity index (χ1n) is 10.0. The van der Waals surface area contributed by atoms with Crippen molar-refractivity contribution < 1.29 is 0 Å².